The largest absolute Gasteiger partial charge is 0.383 e. The maximum atomic E-state index is 11.1. The number of hydrogen-bond donors (Lipinski definition) is 0. The molecule has 1 aromatic rings. The molecule has 17 heavy (non-hydrogen) atoms. The number of likely N-dealkylation sites (N-methyl/N-ethyl adjacent to an activating group) is 1. The standard InChI is InChI=1S/C13H20N2O2/c1-5-15(10(2)9-17-4)12-6-7-13(11(3)16)14-8-12/h6-8,10H,5,9H2,1-4H3. The van der Waals surface area contributed by atoms with Crippen LogP contribution in [0.25, 0.3) is 0 Å². The summed E-state index contributed by atoms with van der Waals surface area (Å²) in [6.07, 6.45) is 1.74. The van der Waals surface area contributed by atoms with Crippen LogP contribution in [0.1, 0.15) is 31.3 Å². The molecule has 0 saturated carbocycles. The van der Waals surface area contributed by atoms with E-state index in [0.717, 1.165) is 12.2 Å². The molecule has 0 aromatic carbocycles. The highest BCUT2D eigenvalue weighted by Crippen LogP contribution is 2.16. The van der Waals surface area contributed by atoms with Gasteiger partial charge in [0.05, 0.1) is 18.5 Å². The predicted molar refractivity (Wildman–Crippen MR) is 68.6 cm³/mol. The first-order valence-corrected chi connectivity index (χ1v) is 5.82. The van der Waals surface area contributed by atoms with Gasteiger partial charge in [-0.2, -0.15) is 0 Å². The van der Waals surface area contributed by atoms with E-state index in [1.54, 1.807) is 19.4 Å². The van der Waals surface area contributed by atoms with Crippen LogP contribution < -0.4 is 4.90 Å². The van der Waals surface area contributed by atoms with E-state index >= 15 is 0 Å². The minimum Gasteiger partial charge on any atom is -0.383 e. The molecule has 0 saturated heterocycles. The molecule has 0 aliphatic rings. The van der Waals surface area contributed by atoms with Crippen LogP contribution in [0, 0.1) is 0 Å². The van der Waals surface area contributed by atoms with E-state index < -0.39 is 0 Å². The summed E-state index contributed by atoms with van der Waals surface area (Å²) < 4.78 is 5.15. The predicted octanol–water partition coefficient (Wildman–Crippen LogP) is 2.15. The third-order valence-electron chi connectivity index (χ3n) is 2.72. The molecule has 4 heteroatoms. The molecule has 1 heterocycles. The topological polar surface area (TPSA) is 42.4 Å². The van der Waals surface area contributed by atoms with E-state index in [4.69, 9.17) is 4.74 Å². The lowest BCUT2D eigenvalue weighted by molar-refractivity contribution is 0.101. The summed E-state index contributed by atoms with van der Waals surface area (Å²) in [7, 11) is 1.70. The Labute approximate surface area is 103 Å². The van der Waals surface area contributed by atoms with Crippen LogP contribution in [0.2, 0.25) is 0 Å². The van der Waals surface area contributed by atoms with Gasteiger partial charge in [-0.1, -0.05) is 0 Å². The Bertz CT molecular complexity index is 362. The number of pyridine rings is 1. The average molecular weight is 236 g/mol. The number of nitrogens with zero attached hydrogens (tertiary/aromatic N) is 2. The van der Waals surface area contributed by atoms with Crippen LogP contribution >= 0.6 is 0 Å². The summed E-state index contributed by atoms with van der Waals surface area (Å²) in [6.45, 7) is 7.26. The molecule has 0 aliphatic carbocycles. The molecular weight excluding hydrogens is 216 g/mol. The number of ketones is 1. The van der Waals surface area contributed by atoms with E-state index in [1.165, 1.54) is 6.92 Å². The lowest BCUT2D eigenvalue weighted by Crippen LogP contribution is -2.36. The Hall–Kier alpha value is -1.42. The molecule has 94 valence electrons. The Morgan fingerprint density at radius 3 is 2.65 bits per heavy atom. The lowest BCUT2D eigenvalue weighted by atomic mass is 10.2. The normalized spacial score (nSPS) is 12.2. The summed E-state index contributed by atoms with van der Waals surface area (Å²) in [5, 5.41) is 0. The first kappa shape index (κ1) is 13.6. The number of Topliss-reactive ketones (excluding diaryl/α,β-unsaturated/α-hetero) is 1. The van der Waals surface area contributed by atoms with E-state index in [-0.39, 0.29) is 11.8 Å². The van der Waals surface area contributed by atoms with Gasteiger partial charge >= 0.3 is 0 Å². The molecule has 0 radical (unpaired) electrons. The van der Waals surface area contributed by atoms with Gasteiger partial charge in [0.15, 0.2) is 5.78 Å². The first-order chi connectivity index (χ1) is 8.10. The van der Waals surface area contributed by atoms with Gasteiger partial charge in [-0.15, -0.1) is 0 Å². The Morgan fingerprint density at radius 2 is 2.24 bits per heavy atom. The molecule has 0 amide bonds. The maximum absolute atomic E-state index is 11.1. The van der Waals surface area contributed by atoms with Crippen LogP contribution in [0.4, 0.5) is 5.69 Å². The second-order valence-corrected chi connectivity index (χ2v) is 4.05. The van der Waals surface area contributed by atoms with E-state index in [9.17, 15) is 4.79 Å². The fourth-order valence-corrected chi connectivity index (χ4v) is 1.84. The summed E-state index contributed by atoms with van der Waals surface area (Å²) in [5.41, 5.74) is 1.52. The van der Waals surface area contributed by atoms with Crippen LogP contribution in [0.3, 0.4) is 0 Å². The maximum Gasteiger partial charge on any atom is 0.178 e. The number of methoxy groups -OCH3 is 1. The fraction of sp³-hybridized carbons (Fsp3) is 0.538. The number of carbonyl (C=O) groups is 1. The van der Waals surface area contributed by atoms with Gasteiger partial charge in [0.25, 0.3) is 0 Å². The molecule has 4 nitrogen and oxygen atoms in total. The Balaban J connectivity index is 2.85. The van der Waals surface area contributed by atoms with Crippen molar-refractivity contribution in [2.45, 2.75) is 26.8 Å². The number of anilines is 1. The van der Waals surface area contributed by atoms with Gasteiger partial charge in [-0.05, 0) is 26.0 Å². The van der Waals surface area contributed by atoms with E-state index in [0.29, 0.717) is 12.3 Å². The van der Waals surface area contributed by atoms with Crippen molar-refractivity contribution in [1.82, 2.24) is 4.98 Å². The first-order valence-electron chi connectivity index (χ1n) is 5.82. The van der Waals surface area contributed by atoms with Crippen molar-refractivity contribution in [1.29, 1.82) is 0 Å². The van der Waals surface area contributed by atoms with Crippen LogP contribution in [-0.4, -0.2) is 37.1 Å². The molecule has 0 spiro atoms. The SMILES string of the molecule is CCN(c1ccc(C(C)=O)nc1)C(C)COC. The molecule has 1 rings (SSSR count). The summed E-state index contributed by atoms with van der Waals surface area (Å²) in [5.74, 6) is -0.00969. The van der Waals surface area contributed by atoms with Gasteiger partial charge < -0.3 is 9.64 Å². The zero-order valence-electron chi connectivity index (χ0n) is 10.9. The van der Waals surface area contributed by atoms with Crippen molar-refractivity contribution in [3.8, 4) is 0 Å². The lowest BCUT2D eigenvalue weighted by Gasteiger charge is -2.29. The van der Waals surface area contributed by atoms with Gasteiger partial charge in [0, 0.05) is 26.6 Å². The minimum absolute atomic E-state index is 0.00969. The monoisotopic (exact) mass is 236 g/mol. The van der Waals surface area contributed by atoms with Crippen LogP contribution in [-0.2, 0) is 4.74 Å². The summed E-state index contributed by atoms with van der Waals surface area (Å²) >= 11 is 0. The third kappa shape index (κ3) is 3.53. The van der Waals surface area contributed by atoms with Crippen LogP contribution in [0.5, 0.6) is 0 Å². The number of hydrogen-bond acceptors (Lipinski definition) is 4. The quantitative estimate of drug-likeness (QED) is 0.710. The van der Waals surface area contributed by atoms with E-state index in [1.807, 2.05) is 6.07 Å². The third-order valence-corrected chi connectivity index (χ3v) is 2.72. The second kappa shape index (κ2) is 6.35. The fourth-order valence-electron chi connectivity index (χ4n) is 1.84. The van der Waals surface area contributed by atoms with Crippen molar-refractivity contribution in [2.75, 3.05) is 25.2 Å². The van der Waals surface area contributed by atoms with Gasteiger partial charge in [0.1, 0.15) is 5.69 Å². The van der Waals surface area contributed by atoms with Gasteiger partial charge in [-0.3, -0.25) is 9.78 Å². The number of aromatic nitrogens is 1. The number of rotatable bonds is 6. The second-order valence-electron chi connectivity index (χ2n) is 4.05. The number of carbonyl (C=O) groups excluding carboxylic acids is 1. The smallest absolute Gasteiger partial charge is 0.178 e. The van der Waals surface area contributed by atoms with E-state index in [2.05, 4.69) is 23.7 Å². The molecule has 1 aromatic heterocycles. The summed E-state index contributed by atoms with van der Waals surface area (Å²) in [4.78, 5) is 17.5. The highest BCUT2D eigenvalue weighted by atomic mass is 16.5. The summed E-state index contributed by atoms with van der Waals surface area (Å²) in [6, 6.07) is 3.98. The van der Waals surface area contributed by atoms with Crippen molar-refractivity contribution < 1.29 is 9.53 Å². The molecular formula is C13H20N2O2. The molecule has 0 N–H and O–H groups in total. The van der Waals surface area contributed by atoms with Gasteiger partial charge in [0.2, 0.25) is 0 Å². The minimum atomic E-state index is -0.00969. The zero-order valence-corrected chi connectivity index (χ0v) is 10.9. The van der Waals surface area contributed by atoms with Crippen molar-refractivity contribution in [3.63, 3.8) is 0 Å². The Morgan fingerprint density at radius 1 is 1.53 bits per heavy atom. The molecule has 0 fully saturated rings. The average Bonchev–Trinajstić information content (AvgIpc) is 2.31. The molecule has 1 unspecified atom stereocenters. The molecule has 1 atom stereocenters. The van der Waals surface area contributed by atoms with Gasteiger partial charge in [-0.25, -0.2) is 0 Å². The highest BCUT2D eigenvalue weighted by molar-refractivity contribution is 5.92. The zero-order chi connectivity index (χ0) is 12.8. The number of ether oxygens (including phenoxy) is 1. The van der Waals surface area contributed by atoms with Crippen molar-refractivity contribution in [3.05, 3.63) is 24.0 Å². The Kier molecular flexibility index (Phi) is 5.10. The van der Waals surface area contributed by atoms with Crippen LogP contribution in [0.15, 0.2) is 18.3 Å². The van der Waals surface area contributed by atoms with Crippen molar-refractivity contribution >= 4 is 11.5 Å². The highest BCUT2D eigenvalue weighted by Gasteiger charge is 2.13. The van der Waals surface area contributed by atoms with Crippen molar-refractivity contribution in [2.24, 2.45) is 0 Å². The molecule has 0 bridgehead atoms. The molecule has 0 aliphatic heterocycles.